The minimum atomic E-state index is -4.69. The third-order valence-corrected chi connectivity index (χ3v) is 3.68. The van der Waals surface area contributed by atoms with E-state index in [0.717, 1.165) is 0 Å². The largest absolute Gasteiger partial charge is 0.399 e. The molecule has 0 saturated heterocycles. The first-order valence-corrected chi connectivity index (χ1v) is 6.11. The van der Waals surface area contributed by atoms with Crippen molar-refractivity contribution in [2.75, 3.05) is 13.2 Å². The zero-order chi connectivity index (χ0) is 12.8. The zero-order valence-corrected chi connectivity index (χ0v) is 9.78. The standard InChI is InChI=1S/C8H13F4O3P/c1-3-14-16(13,15-4-2)8(11,12)6-5-7(9)10/h5H,3-4,6H2,1-2H3. The van der Waals surface area contributed by atoms with Crippen molar-refractivity contribution in [3.8, 4) is 0 Å². The van der Waals surface area contributed by atoms with Crippen LogP contribution in [0.5, 0.6) is 0 Å². The molecule has 0 bridgehead atoms. The smallest absolute Gasteiger partial charge is 0.305 e. The van der Waals surface area contributed by atoms with Gasteiger partial charge in [-0.15, -0.1) is 0 Å². The SMILES string of the molecule is CCOP(=O)(OCC)C(F)(F)CC=C(F)F. The van der Waals surface area contributed by atoms with Crippen LogP contribution < -0.4 is 0 Å². The molecule has 0 fully saturated rings. The van der Waals surface area contributed by atoms with Gasteiger partial charge < -0.3 is 9.05 Å². The first-order chi connectivity index (χ1) is 7.29. The number of hydrogen-bond acceptors (Lipinski definition) is 3. The summed E-state index contributed by atoms with van der Waals surface area (Å²) < 4.78 is 70.3. The minimum absolute atomic E-state index is 0.00924. The Kier molecular flexibility index (Phi) is 6.22. The van der Waals surface area contributed by atoms with Crippen molar-refractivity contribution in [2.24, 2.45) is 0 Å². The molecule has 0 amide bonds. The normalized spacial score (nSPS) is 12.6. The Morgan fingerprint density at radius 1 is 1.25 bits per heavy atom. The average molecular weight is 264 g/mol. The Hall–Kier alpha value is -0.390. The maximum Gasteiger partial charge on any atom is 0.399 e. The lowest BCUT2D eigenvalue weighted by Crippen LogP contribution is -2.19. The van der Waals surface area contributed by atoms with E-state index in [2.05, 4.69) is 9.05 Å². The van der Waals surface area contributed by atoms with E-state index in [1.165, 1.54) is 13.8 Å². The van der Waals surface area contributed by atoms with Gasteiger partial charge in [0.2, 0.25) is 0 Å². The molecule has 8 heteroatoms. The molecular formula is C8H13F4O3P. The molecule has 0 aromatic rings. The molecule has 3 nitrogen and oxygen atoms in total. The molecule has 0 aliphatic carbocycles. The van der Waals surface area contributed by atoms with E-state index in [1.54, 1.807) is 0 Å². The van der Waals surface area contributed by atoms with Gasteiger partial charge in [-0.3, -0.25) is 4.57 Å². The third-order valence-electron chi connectivity index (χ3n) is 1.50. The summed E-state index contributed by atoms with van der Waals surface area (Å²) in [5.41, 5.74) is -3.96. The predicted molar refractivity (Wildman–Crippen MR) is 50.7 cm³/mol. The maximum atomic E-state index is 13.3. The predicted octanol–water partition coefficient (Wildman–Crippen LogP) is 4.02. The summed E-state index contributed by atoms with van der Waals surface area (Å²) in [7, 11) is -4.69. The van der Waals surface area contributed by atoms with Crippen LogP contribution in [0.25, 0.3) is 0 Å². The lowest BCUT2D eigenvalue weighted by atomic mass is 10.4. The first-order valence-electron chi connectivity index (χ1n) is 4.57. The number of alkyl halides is 2. The van der Waals surface area contributed by atoms with E-state index in [-0.39, 0.29) is 19.3 Å². The van der Waals surface area contributed by atoms with Gasteiger partial charge in [-0.2, -0.15) is 17.6 Å². The Morgan fingerprint density at radius 3 is 2.00 bits per heavy atom. The van der Waals surface area contributed by atoms with Crippen molar-refractivity contribution in [1.82, 2.24) is 0 Å². The van der Waals surface area contributed by atoms with Crippen molar-refractivity contribution in [3.05, 3.63) is 12.2 Å². The van der Waals surface area contributed by atoms with Gasteiger partial charge in [0, 0.05) is 6.42 Å². The van der Waals surface area contributed by atoms with Gasteiger partial charge in [-0.05, 0) is 19.9 Å². The van der Waals surface area contributed by atoms with E-state index >= 15 is 0 Å². The molecule has 0 heterocycles. The Labute approximate surface area is 91.0 Å². The van der Waals surface area contributed by atoms with Crippen molar-refractivity contribution in [2.45, 2.75) is 25.9 Å². The van der Waals surface area contributed by atoms with Crippen LogP contribution in [-0.2, 0) is 13.6 Å². The fourth-order valence-electron chi connectivity index (χ4n) is 0.878. The zero-order valence-electron chi connectivity index (χ0n) is 8.88. The van der Waals surface area contributed by atoms with E-state index in [0.29, 0.717) is 0 Å². The molecule has 0 N–H and O–H groups in total. The summed E-state index contributed by atoms with van der Waals surface area (Å²) in [4.78, 5) is 0. The fraction of sp³-hybridized carbons (Fsp3) is 0.750. The first kappa shape index (κ1) is 15.6. The number of allylic oxidation sites excluding steroid dienone is 1. The van der Waals surface area contributed by atoms with Crippen molar-refractivity contribution in [3.63, 3.8) is 0 Å². The van der Waals surface area contributed by atoms with E-state index in [1.807, 2.05) is 0 Å². The van der Waals surface area contributed by atoms with Crippen molar-refractivity contribution < 1.29 is 31.2 Å². The quantitative estimate of drug-likeness (QED) is 0.514. The van der Waals surface area contributed by atoms with Gasteiger partial charge >= 0.3 is 13.3 Å². The molecule has 0 unspecified atom stereocenters. The van der Waals surface area contributed by atoms with E-state index in [9.17, 15) is 22.1 Å². The lowest BCUT2D eigenvalue weighted by Gasteiger charge is -2.24. The molecule has 0 rings (SSSR count). The summed E-state index contributed by atoms with van der Waals surface area (Å²) in [5.74, 6) is 0. The molecule has 0 spiro atoms. The van der Waals surface area contributed by atoms with E-state index < -0.39 is 25.8 Å². The third kappa shape index (κ3) is 4.23. The second kappa shape index (κ2) is 6.37. The highest BCUT2D eigenvalue weighted by Crippen LogP contribution is 2.63. The van der Waals surface area contributed by atoms with Gasteiger partial charge in [-0.1, -0.05) is 0 Å². The molecule has 0 saturated carbocycles. The highest BCUT2D eigenvalue weighted by molar-refractivity contribution is 7.55. The minimum Gasteiger partial charge on any atom is -0.305 e. The molecule has 0 aromatic carbocycles. The summed E-state index contributed by atoms with van der Waals surface area (Å²) in [6.45, 7) is 2.20. The van der Waals surface area contributed by atoms with Crippen molar-refractivity contribution >= 4 is 7.60 Å². The Morgan fingerprint density at radius 2 is 1.69 bits per heavy atom. The average Bonchev–Trinajstić information content (AvgIpc) is 2.15. The number of rotatable bonds is 7. The maximum absolute atomic E-state index is 13.3. The summed E-state index contributed by atoms with van der Waals surface area (Å²) in [6.07, 6.45) is -3.66. The molecule has 0 aromatic heterocycles. The van der Waals surface area contributed by atoms with Gasteiger partial charge in [-0.25, -0.2) is 0 Å². The summed E-state index contributed by atoms with van der Waals surface area (Å²) in [6, 6.07) is 0. The summed E-state index contributed by atoms with van der Waals surface area (Å²) in [5, 5.41) is 0. The molecular weight excluding hydrogens is 251 g/mol. The fourth-order valence-corrected chi connectivity index (χ4v) is 2.32. The van der Waals surface area contributed by atoms with Crippen LogP contribution in [0.4, 0.5) is 17.6 Å². The second-order valence-electron chi connectivity index (χ2n) is 2.70. The molecule has 0 radical (unpaired) electrons. The monoisotopic (exact) mass is 264 g/mol. The van der Waals surface area contributed by atoms with Crippen LogP contribution in [0, 0.1) is 0 Å². The van der Waals surface area contributed by atoms with Crippen LogP contribution in [0.15, 0.2) is 12.2 Å². The Bertz CT molecular complexity index is 279. The van der Waals surface area contributed by atoms with Gasteiger partial charge in [0.05, 0.1) is 13.2 Å². The number of hydrogen-bond donors (Lipinski definition) is 0. The Balaban J connectivity index is 4.88. The molecule has 0 aliphatic heterocycles. The molecule has 16 heavy (non-hydrogen) atoms. The van der Waals surface area contributed by atoms with Crippen LogP contribution in [0.2, 0.25) is 0 Å². The van der Waals surface area contributed by atoms with Gasteiger partial charge in [0.15, 0.2) is 0 Å². The van der Waals surface area contributed by atoms with Crippen LogP contribution in [0.1, 0.15) is 20.3 Å². The second-order valence-corrected chi connectivity index (χ2v) is 4.86. The lowest BCUT2D eigenvalue weighted by molar-refractivity contribution is 0.0408. The van der Waals surface area contributed by atoms with E-state index in [4.69, 9.17) is 0 Å². The molecule has 0 aliphatic rings. The molecule has 96 valence electrons. The topological polar surface area (TPSA) is 35.5 Å². The van der Waals surface area contributed by atoms with Gasteiger partial charge in [0.1, 0.15) is 0 Å². The highest BCUT2D eigenvalue weighted by atomic mass is 31.2. The van der Waals surface area contributed by atoms with Crippen LogP contribution >= 0.6 is 7.60 Å². The van der Waals surface area contributed by atoms with Crippen molar-refractivity contribution in [1.29, 1.82) is 0 Å². The van der Waals surface area contributed by atoms with Crippen LogP contribution in [-0.4, -0.2) is 18.9 Å². The number of halogens is 4. The summed E-state index contributed by atoms with van der Waals surface area (Å²) >= 11 is 0. The van der Waals surface area contributed by atoms with Gasteiger partial charge in [0.25, 0.3) is 6.08 Å². The molecule has 0 atom stereocenters. The highest BCUT2D eigenvalue weighted by Gasteiger charge is 2.52. The van der Waals surface area contributed by atoms with Crippen LogP contribution in [0.3, 0.4) is 0 Å².